The molecule has 23 heavy (non-hydrogen) atoms. The van der Waals surface area contributed by atoms with Gasteiger partial charge in [-0.05, 0) is 31.4 Å². The Bertz CT molecular complexity index is 534. The maximum Gasteiger partial charge on any atom is 0.241 e. The maximum absolute atomic E-state index is 12.5. The minimum Gasteiger partial charge on any atom is -0.376 e. The van der Waals surface area contributed by atoms with Gasteiger partial charge in [-0.3, -0.25) is 9.69 Å². The number of carbonyl (C=O) groups excluding carboxylic acids is 1. The lowest BCUT2D eigenvalue weighted by Gasteiger charge is -2.32. The number of anilines is 1. The number of hydrogen-bond donors (Lipinski definition) is 2. The lowest BCUT2D eigenvalue weighted by Crippen LogP contribution is -2.49. The van der Waals surface area contributed by atoms with Crippen LogP contribution in [0.15, 0.2) is 18.2 Å². The van der Waals surface area contributed by atoms with Crippen molar-refractivity contribution in [1.29, 1.82) is 0 Å². The Kier molecular flexibility index (Phi) is 5.18. The third-order valence-electron chi connectivity index (χ3n) is 5.08. The number of hydrogen-bond acceptors (Lipinski definition) is 4. The van der Waals surface area contributed by atoms with Gasteiger partial charge in [0.05, 0.1) is 6.54 Å². The molecule has 1 unspecified atom stereocenters. The Balaban J connectivity index is 1.51. The van der Waals surface area contributed by atoms with Crippen molar-refractivity contribution in [2.45, 2.75) is 26.3 Å². The van der Waals surface area contributed by atoms with E-state index in [1.165, 1.54) is 11.1 Å². The quantitative estimate of drug-likeness (QED) is 0.877. The molecular weight excluding hydrogens is 288 g/mol. The highest BCUT2D eigenvalue weighted by atomic mass is 16.2. The van der Waals surface area contributed by atoms with E-state index in [1.807, 2.05) is 4.90 Å². The lowest BCUT2D eigenvalue weighted by atomic mass is 10.1. The van der Waals surface area contributed by atoms with E-state index in [-0.39, 0.29) is 5.91 Å². The highest BCUT2D eigenvalue weighted by Crippen LogP contribution is 2.20. The van der Waals surface area contributed by atoms with Gasteiger partial charge in [0.1, 0.15) is 0 Å². The van der Waals surface area contributed by atoms with Gasteiger partial charge in [-0.2, -0.15) is 0 Å². The summed E-state index contributed by atoms with van der Waals surface area (Å²) in [6.07, 6.45) is 1.11. The molecule has 1 aromatic rings. The summed E-state index contributed by atoms with van der Waals surface area (Å²) in [5.74, 6) is 0.213. The SMILES string of the molecule is Cc1cccc(C)c1NCC(=O)N1CCC(N2CCNCC2)C1. The van der Waals surface area contributed by atoms with Crippen molar-refractivity contribution in [3.63, 3.8) is 0 Å². The highest BCUT2D eigenvalue weighted by Gasteiger charge is 2.30. The number of piperazine rings is 1. The van der Waals surface area contributed by atoms with Crippen LogP contribution < -0.4 is 10.6 Å². The summed E-state index contributed by atoms with van der Waals surface area (Å²) in [4.78, 5) is 17.1. The second-order valence-corrected chi connectivity index (χ2v) is 6.69. The first-order valence-electron chi connectivity index (χ1n) is 8.68. The number of para-hydroxylation sites is 1. The molecule has 2 aliphatic rings. The third kappa shape index (κ3) is 3.85. The zero-order valence-electron chi connectivity index (χ0n) is 14.3. The van der Waals surface area contributed by atoms with Crippen LogP contribution in [0.4, 0.5) is 5.69 Å². The minimum atomic E-state index is 0.213. The molecule has 1 amide bonds. The Morgan fingerprint density at radius 3 is 2.61 bits per heavy atom. The molecule has 0 bridgehead atoms. The number of aryl methyl sites for hydroxylation is 2. The fourth-order valence-corrected chi connectivity index (χ4v) is 3.68. The largest absolute Gasteiger partial charge is 0.376 e. The summed E-state index contributed by atoms with van der Waals surface area (Å²) in [7, 11) is 0. The lowest BCUT2D eigenvalue weighted by molar-refractivity contribution is -0.128. The van der Waals surface area contributed by atoms with Gasteiger partial charge in [0.15, 0.2) is 0 Å². The van der Waals surface area contributed by atoms with Crippen molar-refractivity contribution < 1.29 is 4.79 Å². The average molecular weight is 316 g/mol. The Morgan fingerprint density at radius 2 is 1.91 bits per heavy atom. The van der Waals surface area contributed by atoms with E-state index < -0.39 is 0 Å². The standard InChI is InChI=1S/C18H28N4O/c1-14-4-3-5-15(2)18(14)20-12-17(23)22-9-6-16(13-22)21-10-7-19-8-11-21/h3-5,16,19-20H,6-13H2,1-2H3. The molecule has 0 spiro atoms. The van der Waals surface area contributed by atoms with E-state index in [1.54, 1.807) is 0 Å². The molecule has 5 nitrogen and oxygen atoms in total. The van der Waals surface area contributed by atoms with Gasteiger partial charge in [0, 0.05) is 51.0 Å². The molecule has 126 valence electrons. The van der Waals surface area contributed by atoms with Gasteiger partial charge >= 0.3 is 0 Å². The van der Waals surface area contributed by atoms with Crippen LogP contribution in [-0.2, 0) is 4.79 Å². The van der Waals surface area contributed by atoms with Crippen LogP contribution in [0, 0.1) is 13.8 Å². The minimum absolute atomic E-state index is 0.213. The van der Waals surface area contributed by atoms with Gasteiger partial charge in [-0.15, -0.1) is 0 Å². The molecule has 2 fully saturated rings. The molecule has 0 aromatic heterocycles. The van der Waals surface area contributed by atoms with Crippen molar-refractivity contribution in [2.75, 3.05) is 51.1 Å². The monoisotopic (exact) mass is 316 g/mol. The number of nitrogens with zero attached hydrogens (tertiary/aromatic N) is 2. The first-order valence-corrected chi connectivity index (χ1v) is 8.68. The van der Waals surface area contributed by atoms with Crippen LogP contribution in [-0.4, -0.2) is 67.6 Å². The van der Waals surface area contributed by atoms with Crippen LogP contribution in [0.5, 0.6) is 0 Å². The molecule has 0 saturated carbocycles. The number of nitrogens with one attached hydrogen (secondary N) is 2. The van der Waals surface area contributed by atoms with Gasteiger partial charge < -0.3 is 15.5 Å². The predicted molar refractivity (Wildman–Crippen MR) is 93.8 cm³/mol. The topological polar surface area (TPSA) is 47.6 Å². The van der Waals surface area contributed by atoms with E-state index in [9.17, 15) is 4.79 Å². The molecule has 2 N–H and O–H groups in total. The average Bonchev–Trinajstić information content (AvgIpc) is 3.05. The molecule has 1 aromatic carbocycles. The van der Waals surface area contributed by atoms with Crippen LogP contribution in [0.25, 0.3) is 0 Å². The molecule has 3 rings (SSSR count). The Labute approximate surface area is 139 Å². The number of amides is 1. The van der Waals surface area contributed by atoms with Crippen LogP contribution >= 0.6 is 0 Å². The van der Waals surface area contributed by atoms with Crippen molar-refractivity contribution in [2.24, 2.45) is 0 Å². The Hall–Kier alpha value is -1.59. The number of carbonyl (C=O) groups is 1. The second kappa shape index (κ2) is 7.32. The zero-order chi connectivity index (χ0) is 16.2. The summed E-state index contributed by atoms with van der Waals surface area (Å²) in [6.45, 7) is 10.7. The van der Waals surface area contributed by atoms with Crippen LogP contribution in [0.1, 0.15) is 17.5 Å². The van der Waals surface area contributed by atoms with E-state index in [4.69, 9.17) is 0 Å². The molecular formula is C18H28N4O. The van der Waals surface area contributed by atoms with E-state index >= 15 is 0 Å². The van der Waals surface area contributed by atoms with Crippen molar-refractivity contribution in [1.82, 2.24) is 15.1 Å². The zero-order valence-corrected chi connectivity index (χ0v) is 14.3. The van der Waals surface area contributed by atoms with Gasteiger partial charge in [-0.1, -0.05) is 18.2 Å². The first kappa shape index (κ1) is 16.3. The highest BCUT2D eigenvalue weighted by molar-refractivity contribution is 5.81. The molecule has 2 aliphatic heterocycles. The Morgan fingerprint density at radius 1 is 1.22 bits per heavy atom. The molecule has 1 atom stereocenters. The van der Waals surface area contributed by atoms with Gasteiger partial charge in [0.25, 0.3) is 0 Å². The van der Waals surface area contributed by atoms with Crippen molar-refractivity contribution >= 4 is 11.6 Å². The molecule has 2 saturated heterocycles. The normalized spacial score (nSPS) is 22.3. The molecule has 5 heteroatoms. The van der Waals surface area contributed by atoms with Gasteiger partial charge in [0.2, 0.25) is 5.91 Å². The fraction of sp³-hybridized carbons (Fsp3) is 0.611. The smallest absolute Gasteiger partial charge is 0.241 e. The summed E-state index contributed by atoms with van der Waals surface area (Å²) in [6, 6.07) is 6.75. The summed E-state index contributed by atoms with van der Waals surface area (Å²) < 4.78 is 0. The first-order chi connectivity index (χ1) is 11.1. The van der Waals surface area contributed by atoms with Crippen LogP contribution in [0.2, 0.25) is 0 Å². The van der Waals surface area contributed by atoms with Crippen LogP contribution in [0.3, 0.4) is 0 Å². The van der Waals surface area contributed by atoms with E-state index in [2.05, 4.69) is 47.6 Å². The molecule has 0 aliphatic carbocycles. The van der Waals surface area contributed by atoms with Gasteiger partial charge in [-0.25, -0.2) is 0 Å². The second-order valence-electron chi connectivity index (χ2n) is 6.69. The number of benzene rings is 1. The van der Waals surface area contributed by atoms with Crippen molar-refractivity contribution in [3.05, 3.63) is 29.3 Å². The fourth-order valence-electron chi connectivity index (χ4n) is 3.68. The number of likely N-dealkylation sites (tertiary alicyclic amines) is 1. The van der Waals surface area contributed by atoms with Crippen molar-refractivity contribution in [3.8, 4) is 0 Å². The molecule has 0 radical (unpaired) electrons. The number of rotatable bonds is 4. The third-order valence-corrected chi connectivity index (χ3v) is 5.08. The van der Waals surface area contributed by atoms with E-state index in [0.29, 0.717) is 12.6 Å². The summed E-state index contributed by atoms with van der Waals surface area (Å²) >= 11 is 0. The predicted octanol–water partition coefficient (Wildman–Crippen LogP) is 1.22. The maximum atomic E-state index is 12.5. The summed E-state index contributed by atoms with van der Waals surface area (Å²) in [5.41, 5.74) is 3.48. The summed E-state index contributed by atoms with van der Waals surface area (Å²) in [5, 5.41) is 6.73. The molecule has 2 heterocycles. The van der Waals surface area contributed by atoms with E-state index in [0.717, 1.165) is 51.4 Å².